The summed E-state index contributed by atoms with van der Waals surface area (Å²) in [4.78, 5) is 9.00. The van der Waals surface area contributed by atoms with Gasteiger partial charge in [0.15, 0.2) is 0 Å². The molecule has 0 aliphatic rings. The van der Waals surface area contributed by atoms with E-state index in [0.717, 1.165) is 13.2 Å². The average Bonchev–Trinajstić information content (AvgIpc) is 2.04. The Morgan fingerprint density at radius 3 is 1.85 bits per heavy atom. The highest BCUT2D eigenvalue weighted by Gasteiger charge is 2.21. The van der Waals surface area contributed by atoms with Crippen molar-refractivity contribution in [3.8, 4) is 0 Å². The van der Waals surface area contributed by atoms with Crippen LogP contribution < -0.4 is 0 Å². The molecular formula is C6H13O6P. The number of phosphoric ester groups is 1. The van der Waals surface area contributed by atoms with Crippen molar-refractivity contribution in [2.75, 3.05) is 14.2 Å². The molecule has 0 saturated heterocycles. The Bertz CT molecular complexity index is 189. The molecule has 0 bridgehead atoms. The SMILES string of the molecule is C=COP(=O)(OC)OC.CC(=O)O. The summed E-state index contributed by atoms with van der Waals surface area (Å²) in [5, 5.41) is 7.42. The molecular weight excluding hydrogens is 199 g/mol. The first-order chi connectivity index (χ1) is 5.91. The van der Waals surface area contributed by atoms with Crippen LogP contribution in [-0.2, 0) is 22.9 Å². The lowest BCUT2D eigenvalue weighted by atomic mass is 10.9. The van der Waals surface area contributed by atoms with Gasteiger partial charge in [0.2, 0.25) is 0 Å². The van der Waals surface area contributed by atoms with Crippen LogP contribution in [0.2, 0.25) is 0 Å². The number of carboxylic acid groups (broad SMARTS) is 1. The molecule has 0 unspecified atom stereocenters. The third-order valence-electron chi connectivity index (χ3n) is 0.651. The minimum atomic E-state index is -3.30. The minimum absolute atomic E-state index is 0.833. The Hall–Kier alpha value is -0.840. The summed E-state index contributed by atoms with van der Waals surface area (Å²) in [6.45, 7) is 4.27. The summed E-state index contributed by atoms with van der Waals surface area (Å²) >= 11 is 0. The van der Waals surface area contributed by atoms with Gasteiger partial charge in [0, 0.05) is 21.1 Å². The first-order valence-corrected chi connectivity index (χ1v) is 4.58. The molecule has 0 aromatic rings. The molecule has 0 atom stereocenters. The van der Waals surface area contributed by atoms with Crippen LogP contribution in [-0.4, -0.2) is 25.3 Å². The predicted octanol–water partition coefficient (Wildman–Crippen LogP) is 1.64. The van der Waals surface area contributed by atoms with Gasteiger partial charge in [-0.1, -0.05) is 6.58 Å². The number of aliphatic carboxylic acids is 1. The predicted molar refractivity (Wildman–Crippen MR) is 46.2 cm³/mol. The lowest BCUT2D eigenvalue weighted by Crippen LogP contribution is -1.88. The normalized spacial score (nSPS) is 9.46. The molecule has 0 aromatic heterocycles. The van der Waals surface area contributed by atoms with E-state index in [1.807, 2.05) is 0 Å². The second kappa shape index (κ2) is 7.79. The van der Waals surface area contributed by atoms with Gasteiger partial charge < -0.3 is 9.63 Å². The van der Waals surface area contributed by atoms with Gasteiger partial charge in [-0.2, -0.15) is 0 Å². The Morgan fingerprint density at radius 1 is 1.46 bits per heavy atom. The summed E-state index contributed by atoms with van der Waals surface area (Å²) < 4.78 is 24.0. The smallest absolute Gasteiger partial charge is 0.481 e. The number of hydrogen-bond donors (Lipinski definition) is 1. The fourth-order valence-corrected chi connectivity index (χ4v) is 0.756. The van der Waals surface area contributed by atoms with E-state index in [1.165, 1.54) is 14.2 Å². The lowest BCUT2D eigenvalue weighted by molar-refractivity contribution is -0.134. The van der Waals surface area contributed by atoms with Gasteiger partial charge >= 0.3 is 7.82 Å². The van der Waals surface area contributed by atoms with Crippen molar-refractivity contribution in [2.24, 2.45) is 0 Å². The Kier molecular flexibility index (Phi) is 8.79. The molecule has 7 heteroatoms. The molecule has 0 rings (SSSR count). The van der Waals surface area contributed by atoms with E-state index >= 15 is 0 Å². The van der Waals surface area contributed by atoms with Gasteiger partial charge in [0.05, 0.1) is 6.26 Å². The summed E-state index contributed by atoms with van der Waals surface area (Å²) in [5.41, 5.74) is 0. The van der Waals surface area contributed by atoms with Crippen LogP contribution in [0.5, 0.6) is 0 Å². The highest BCUT2D eigenvalue weighted by atomic mass is 31.2. The van der Waals surface area contributed by atoms with Crippen LogP contribution in [0.25, 0.3) is 0 Å². The fraction of sp³-hybridized carbons (Fsp3) is 0.500. The number of rotatable bonds is 4. The third kappa shape index (κ3) is 11.2. The minimum Gasteiger partial charge on any atom is -0.481 e. The van der Waals surface area contributed by atoms with E-state index in [0.29, 0.717) is 0 Å². The fourth-order valence-electron chi connectivity index (χ4n) is 0.252. The van der Waals surface area contributed by atoms with Crippen molar-refractivity contribution in [1.29, 1.82) is 0 Å². The number of carbonyl (C=O) groups is 1. The van der Waals surface area contributed by atoms with Crippen molar-refractivity contribution < 1.29 is 28.0 Å². The molecule has 0 aromatic carbocycles. The monoisotopic (exact) mass is 212 g/mol. The standard InChI is InChI=1S/C4H9O4P.C2H4O2/c1-4-8-9(5,6-2)7-3;1-2(3)4/h4H,1H2,2-3H3;1H3,(H,3,4). The first-order valence-electron chi connectivity index (χ1n) is 3.12. The van der Waals surface area contributed by atoms with E-state index < -0.39 is 13.8 Å². The van der Waals surface area contributed by atoms with Crippen LogP contribution in [0.3, 0.4) is 0 Å². The number of carboxylic acids is 1. The topological polar surface area (TPSA) is 82.1 Å². The van der Waals surface area contributed by atoms with Gasteiger partial charge in [-0.3, -0.25) is 13.8 Å². The number of phosphoric acid groups is 1. The van der Waals surface area contributed by atoms with Crippen LogP contribution >= 0.6 is 7.82 Å². The van der Waals surface area contributed by atoms with Crippen molar-refractivity contribution >= 4 is 13.8 Å². The van der Waals surface area contributed by atoms with Gasteiger partial charge in [-0.15, -0.1) is 0 Å². The molecule has 6 nitrogen and oxygen atoms in total. The quantitative estimate of drug-likeness (QED) is 0.563. The second-order valence-corrected chi connectivity index (χ2v) is 3.44. The maximum Gasteiger partial charge on any atom is 0.528 e. The van der Waals surface area contributed by atoms with E-state index in [1.54, 1.807) is 0 Å². The van der Waals surface area contributed by atoms with E-state index in [2.05, 4.69) is 20.2 Å². The van der Waals surface area contributed by atoms with Crippen LogP contribution in [0.1, 0.15) is 6.92 Å². The summed E-state index contributed by atoms with van der Waals surface area (Å²) in [6.07, 6.45) is 1.01. The first kappa shape index (κ1) is 14.7. The summed E-state index contributed by atoms with van der Waals surface area (Å²) in [5.74, 6) is -0.833. The number of hydrogen-bond acceptors (Lipinski definition) is 5. The molecule has 0 aliphatic carbocycles. The van der Waals surface area contributed by atoms with E-state index in [-0.39, 0.29) is 0 Å². The van der Waals surface area contributed by atoms with Crippen molar-refractivity contribution in [1.82, 2.24) is 0 Å². The average molecular weight is 212 g/mol. The van der Waals surface area contributed by atoms with Gasteiger partial charge in [-0.05, 0) is 0 Å². The van der Waals surface area contributed by atoms with Gasteiger partial charge in [-0.25, -0.2) is 4.57 Å². The Balaban J connectivity index is 0. The van der Waals surface area contributed by atoms with Gasteiger partial charge in [0.1, 0.15) is 0 Å². The molecule has 0 spiro atoms. The van der Waals surface area contributed by atoms with Gasteiger partial charge in [0.25, 0.3) is 5.97 Å². The Morgan fingerprint density at radius 2 is 1.77 bits per heavy atom. The largest absolute Gasteiger partial charge is 0.528 e. The maximum atomic E-state index is 10.8. The molecule has 78 valence electrons. The summed E-state index contributed by atoms with van der Waals surface area (Å²) in [7, 11) is -0.839. The maximum absolute atomic E-state index is 10.8. The third-order valence-corrected chi connectivity index (χ3v) is 1.95. The van der Waals surface area contributed by atoms with E-state index in [9.17, 15) is 4.57 Å². The summed E-state index contributed by atoms with van der Waals surface area (Å²) in [6, 6.07) is 0. The molecule has 0 saturated carbocycles. The van der Waals surface area contributed by atoms with E-state index in [4.69, 9.17) is 9.90 Å². The van der Waals surface area contributed by atoms with Crippen molar-refractivity contribution in [2.45, 2.75) is 6.92 Å². The molecule has 13 heavy (non-hydrogen) atoms. The molecule has 0 heterocycles. The zero-order valence-corrected chi connectivity index (χ0v) is 8.61. The molecule has 0 amide bonds. The van der Waals surface area contributed by atoms with Crippen molar-refractivity contribution in [3.63, 3.8) is 0 Å². The van der Waals surface area contributed by atoms with Crippen LogP contribution in [0.15, 0.2) is 12.8 Å². The highest BCUT2D eigenvalue weighted by molar-refractivity contribution is 7.48. The lowest BCUT2D eigenvalue weighted by Gasteiger charge is -2.09. The molecule has 0 fully saturated rings. The highest BCUT2D eigenvalue weighted by Crippen LogP contribution is 2.47. The van der Waals surface area contributed by atoms with Crippen LogP contribution in [0, 0.1) is 0 Å². The van der Waals surface area contributed by atoms with Crippen LogP contribution in [0.4, 0.5) is 0 Å². The molecule has 1 N–H and O–H groups in total. The second-order valence-electron chi connectivity index (χ2n) is 1.60. The van der Waals surface area contributed by atoms with Crippen molar-refractivity contribution in [3.05, 3.63) is 12.8 Å². The molecule has 0 aliphatic heterocycles. The zero-order valence-electron chi connectivity index (χ0n) is 7.72. The zero-order chi connectivity index (χ0) is 10.9. The molecule has 0 radical (unpaired) electrons. The Labute approximate surface area is 76.7 Å².